The number of fused-ring (bicyclic) bond motifs is 1. The molecule has 1 saturated heterocycles. The van der Waals surface area contributed by atoms with Crippen LogP contribution in [0.25, 0.3) is 10.8 Å². The zero-order chi connectivity index (χ0) is 22.5. The third kappa shape index (κ3) is 4.97. The van der Waals surface area contributed by atoms with Crippen molar-refractivity contribution in [3.05, 3.63) is 65.7 Å². The van der Waals surface area contributed by atoms with E-state index in [1.807, 2.05) is 66.4 Å². The lowest BCUT2D eigenvalue weighted by Crippen LogP contribution is -2.48. The molecule has 7 heteroatoms. The van der Waals surface area contributed by atoms with Gasteiger partial charge in [-0.3, -0.25) is 9.59 Å². The van der Waals surface area contributed by atoms with Crippen LogP contribution in [0, 0.1) is 0 Å². The molecule has 6 nitrogen and oxygen atoms in total. The highest BCUT2D eigenvalue weighted by molar-refractivity contribution is 6.31. The van der Waals surface area contributed by atoms with Gasteiger partial charge in [0, 0.05) is 43.0 Å². The van der Waals surface area contributed by atoms with Crippen molar-refractivity contribution in [1.82, 2.24) is 4.90 Å². The van der Waals surface area contributed by atoms with Gasteiger partial charge in [-0.15, -0.1) is 0 Å². The Balaban J connectivity index is 1.43. The first-order valence-corrected chi connectivity index (χ1v) is 11.2. The summed E-state index contributed by atoms with van der Waals surface area (Å²) >= 11 is 6.21. The van der Waals surface area contributed by atoms with Gasteiger partial charge in [-0.25, -0.2) is 0 Å². The van der Waals surface area contributed by atoms with Crippen molar-refractivity contribution in [2.24, 2.45) is 0 Å². The van der Waals surface area contributed by atoms with Gasteiger partial charge in [0.25, 0.3) is 5.91 Å². The zero-order valence-electron chi connectivity index (χ0n) is 18.0. The Labute approximate surface area is 192 Å². The molecule has 0 unspecified atom stereocenters. The molecule has 4 rings (SSSR count). The number of hydrogen-bond donors (Lipinski definition) is 1. The molecule has 166 valence electrons. The SMILES string of the molecule is CCC(=O)N1CCN(c2ccc(Cl)cc2NC(=O)COc2cccc3ccccc23)CC1. The van der Waals surface area contributed by atoms with Crippen LogP contribution in [0.5, 0.6) is 5.75 Å². The summed E-state index contributed by atoms with van der Waals surface area (Å²) in [5.41, 5.74) is 1.52. The fourth-order valence-corrected chi connectivity index (χ4v) is 4.13. The predicted molar refractivity (Wildman–Crippen MR) is 129 cm³/mol. The Morgan fingerprint density at radius 2 is 1.75 bits per heavy atom. The molecule has 0 bridgehead atoms. The van der Waals surface area contributed by atoms with E-state index in [-0.39, 0.29) is 18.4 Å². The average molecular weight is 452 g/mol. The van der Waals surface area contributed by atoms with Crippen LogP contribution in [0.4, 0.5) is 11.4 Å². The summed E-state index contributed by atoms with van der Waals surface area (Å²) in [6.45, 7) is 4.48. The van der Waals surface area contributed by atoms with Crippen LogP contribution in [-0.2, 0) is 9.59 Å². The van der Waals surface area contributed by atoms with Crippen LogP contribution in [0.15, 0.2) is 60.7 Å². The number of carbonyl (C=O) groups excluding carboxylic acids is 2. The minimum Gasteiger partial charge on any atom is -0.483 e. The Morgan fingerprint density at radius 1 is 1.00 bits per heavy atom. The minimum absolute atomic E-state index is 0.112. The molecular formula is C25H26ClN3O3. The number of halogens is 1. The quantitative estimate of drug-likeness (QED) is 0.596. The Kier molecular flexibility index (Phi) is 6.81. The maximum absolute atomic E-state index is 12.7. The van der Waals surface area contributed by atoms with E-state index in [2.05, 4.69) is 10.2 Å². The van der Waals surface area contributed by atoms with E-state index in [0.717, 1.165) is 16.5 Å². The number of nitrogens with zero attached hydrogens (tertiary/aromatic N) is 2. The lowest BCUT2D eigenvalue weighted by atomic mass is 10.1. The summed E-state index contributed by atoms with van der Waals surface area (Å²) in [5.74, 6) is 0.572. The van der Waals surface area contributed by atoms with Crippen molar-refractivity contribution in [3.8, 4) is 5.75 Å². The molecule has 0 atom stereocenters. The number of nitrogens with one attached hydrogen (secondary N) is 1. The van der Waals surface area contributed by atoms with Crippen LogP contribution in [0.3, 0.4) is 0 Å². The summed E-state index contributed by atoms with van der Waals surface area (Å²) in [6.07, 6.45) is 0.513. The van der Waals surface area contributed by atoms with Crippen molar-refractivity contribution in [2.45, 2.75) is 13.3 Å². The van der Waals surface area contributed by atoms with Gasteiger partial charge in [-0.1, -0.05) is 54.9 Å². The van der Waals surface area contributed by atoms with E-state index in [1.54, 1.807) is 6.07 Å². The molecule has 1 heterocycles. The van der Waals surface area contributed by atoms with Crippen molar-refractivity contribution < 1.29 is 14.3 Å². The molecule has 2 amide bonds. The maximum atomic E-state index is 12.7. The molecule has 32 heavy (non-hydrogen) atoms. The summed E-state index contributed by atoms with van der Waals surface area (Å²) in [4.78, 5) is 28.7. The first-order valence-electron chi connectivity index (χ1n) is 10.8. The minimum atomic E-state index is -0.263. The number of ether oxygens (including phenoxy) is 1. The van der Waals surface area contributed by atoms with Crippen LogP contribution in [0.1, 0.15) is 13.3 Å². The monoisotopic (exact) mass is 451 g/mol. The molecule has 0 aromatic heterocycles. The Bertz CT molecular complexity index is 1120. The normalized spacial score (nSPS) is 13.8. The number of hydrogen-bond acceptors (Lipinski definition) is 4. The number of amides is 2. The first-order chi connectivity index (χ1) is 15.5. The molecular weight excluding hydrogens is 426 g/mol. The third-order valence-corrected chi connectivity index (χ3v) is 5.85. The van der Waals surface area contributed by atoms with Gasteiger partial charge in [0.1, 0.15) is 5.75 Å². The highest BCUT2D eigenvalue weighted by atomic mass is 35.5. The summed E-state index contributed by atoms with van der Waals surface area (Å²) < 4.78 is 5.82. The van der Waals surface area contributed by atoms with Crippen molar-refractivity contribution >= 4 is 45.6 Å². The van der Waals surface area contributed by atoms with E-state index in [4.69, 9.17) is 16.3 Å². The average Bonchev–Trinajstić information content (AvgIpc) is 2.82. The molecule has 1 N–H and O–H groups in total. The largest absolute Gasteiger partial charge is 0.483 e. The van der Waals surface area contributed by atoms with E-state index < -0.39 is 0 Å². The highest BCUT2D eigenvalue weighted by Gasteiger charge is 2.22. The Morgan fingerprint density at radius 3 is 2.53 bits per heavy atom. The summed E-state index contributed by atoms with van der Waals surface area (Å²) in [6, 6.07) is 19.1. The van der Waals surface area contributed by atoms with E-state index >= 15 is 0 Å². The van der Waals surface area contributed by atoms with E-state index in [1.165, 1.54) is 0 Å². The first kappa shape index (κ1) is 22.0. The summed E-state index contributed by atoms with van der Waals surface area (Å²) in [5, 5.41) is 5.50. The molecule has 3 aromatic carbocycles. The molecule has 0 saturated carbocycles. The molecule has 1 aliphatic heterocycles. The number of benzene rings is 3. The number of anilines is 2. The lowest BCUT2D eigenvalue weighted by molar-refractivity contribution is -0.131. The number of piperazine rings is 1. The molecule has 1 fully saturated rings. The van der Waals surface area contributed by atoms with Crippen LogP contribution in [-0.4, -0.2) is 49.5 Å². The molecule has 0 radical (unpaired) electrons. The van der Waals surface area contributed by atoms with Gasteiger partial charge in [0.05, 0.1) is 11.4 Å². The summed E-state index contributed by atoms with van der Waals surface area (Å²) in [7, 11) is 0. The van der Waals surface area contributed by atoms with Crippen LogP contribution in [0.2, 0.25) is 5.02 Å². The van der Waals surface area contributed by atoms with Gasteiger partial charge in [0.15, 0.2) is 6.61 Å². The molecule has 1 aliphatic rings. The fourth-order valence-electron chi connectivity index (χ4n) is 3.96. The maximum Gasteiger partial charge on any atom is 0.262 e. The smallest absolute Gasteiger partial charge is 0.262 e. The van der Waals surface area contributed by atoms with E-state index in [9.17, 15) is 9.59 Å². The fraction of sp³-hybridized carbons (Fsp3) is 0.280. The number of rotatable bonds is 6. The zero-order valence-corrected chi connectivity index (χ0v) is 18.8. The predicted octanol–water partition coefficient (Wildman–Crippen LogP) is 4.57. The van der Waals surface area contributed by atoms with Crippen LogP contribution >= 0.6 is 11.6 Å². The third-order valence-electron chi connectivity index (χ3n) is 5.62. The van der Waals surface area contributed by atoms with Gasteiger partial charge in [-0.2, -0.15) is 0 Å². The molecule has 0 aliphatic carbocycles. The lowest BCUT2D eigenvalue weighted by Gasteiger charge is -2.37. The second-order valence-corrected chi connectivity index (χ2v) is 8.13. The standard InChI is InChI=1S/C25H26ClN3O3/c1-2-25(31)29-14-12-28(13-15-29)22-11-10-19(26)16-21(22)27-24(30)17-32-23-9-5-7-18-6-3-4-8-20(18)23/h3-11,16H,2,12-15,17H2,1H3,(H,27,30). The van der Waals surface area contributed by atoms with Crippen molar-refractivity contribution in [3.63, 3.8) is 0 Å². The van der Waals surface area contributed by atoms with Crippen LogP contribution < -0.4 is 15.0 Å². The van der Waals surface area contributed by atoms with Crippen molar-refractivity contribution in [2.75, 3.05) is 43.0 Å². The Hall–Kier alpha value is -3.25. The topological polar surface area (TPSA) is 61.9 Å². The second kappa shape index (κ2) is 9.92. The highest BCUT2D eigenvalue weighted by Crippen LogP contribution is 2.30. The van der Waals surface area contributed by atoms with Crippen molar-refractivity contribution in [1.29, 1.82) is 0 Å². The van der Waals surface area contributed by atoms with Gasteiger partial charge < -0.3 is 19.9 Å². The van der Waals surface area contributed by atoms with Gasteiger partial charge >= 0.3 is 0 Å². The van der Waals surface area contributed by atoms with Gasteiger partial charge in [0.2, 0.25) is 5.91 Å². The molecule has 3 aromatic rings. The molecule has 0 spiro atoms. The number of carbonyl (C=O) groups is 2. The van der Waals surface area contributed by atoms with E-state index in [0.29, 0.717) is 49.1 Å². The van der Waals surface area contributed by atoms with Gasteiger partial charge in [-0.05, 0) is 29.7 Å². The second-order valence-electron chi connectivity index (χ2n) is 7.70.